The predicted molar refractivity (Wildman–Crippen MR) is 77.7 cm³/mol. The average Bonchev–Trinajstić information content (AvgIpc) is 2.86. The zero-order chi connectivity index (χ0) is 13.8. The molecule has 0 radical (unpaired) electrons. The zero-order valence-electron chi connectivity index (χ0n) is 11.2. The molecule has 106 valence electrons. The fourth-order valence-electron chi connectivity index (χ4n) is 2.26. The maximum atomic E-state index is 13.0. The van der Waals surface area contributed by atoms with E-state index >= 15 is 0 Å². The Morgan fingerprint density at radius 3 is 3.20 bits per heavy atom. The number of aryl methyl sites for hydroxylation is 1. The standard InChI is InChI=1S/C15H17FN2OS/c16-11-3-1-4-12(9-11)19-8-2-5-15-18-13-6-7-17-10-14(13)20-15/h1,3-4,9,17H,2,5-8,10H2. The molecular weight excluding hydrogens is 275 g/mol. The molecule has 0 aliphatic carbocycles. The first-order chi connectivity index (χ1) is 9.81. The molecule has 2 aromatic rings. The minimum atomic E-state index is -0.261. The number of aromatic nitrogens is 1. The van der Waals surface area contributed by atoms with E-state index in [-0.39, 0.29) is 5.82 Å². The molecule has 0 spiro atoms. The van der Waals surface area contributed by atoms with Crippen LogP contribution >= 0.6 is 11.3 Å². The Balaban J connectivity index is 1.47. The number of thiazole rings is 1. The van der Waals surface area contributed by atoms with Crippen molar-refractivity contribution in [2.75, 3.05) is 13.2 Å². The smallest absolute Gasteiger partial charge is 0.126 e. The van der Waals surface area contributed by atoms with Gasteiger partial charge < -0.3 is 10.1 Å². The summed E-state index contributed by atoms with van der Waals surface area (Å²) in [6, 6.07) is 6.26. The van der Waals surface area contributed by atoms with Crippen molar-refractivity contribution in [3.8, 4) is 5.75 Å². The topological polar surface area (TPSA) is 34.1 Å². The third-order valence-corrected chi connectivity index (χ3v) is 4.40. The van der Waals surface area contributed by atoms with Crippen LogP contribution in [0.25, 0.3) is 0 Å². The molecule has 0 atom stereocenters. The molecule has 1 aliphatic rings. The lowest BCUT2D eigenvalue weighted by Crippen LogP contribution is -2.22. The number of benzene rings is 1. The SMILES string of the molecule is Fc1cccc(OCCCc2nc3c(s2)CNCC3)c1. The highest BCUT2D eigenvalue weighted by atomic mass is 32.1. The summed E-state index contributed by atoms with van der Waals surface area (Å²) in [5.74, 6) is 0.329. The predicted octanol–water partition coefficient (Wildman–Crippen LogP) is 2.94. The fraction of sp³-hybridized carbons (Fsp3) is 0.400. The van der Waals surface area contributed by atoms with Crippen molar-refractivity contribution in [1.82, 2.24) is 10.3 Å². The van der Waals surface area contributed by atoms with Gasteiger partial charge in [-0.1, -0.05) is 6.07 Å². The molecule has 1 aromatic heterocycles. The Bertz CT molecular complexity index is 562. The van der Waals surface area contributed by atoms with Crippen molar-refractivity contribution in [3.05, 3.63) is 45.7 Å². The van der Waals surface area contributed by atoms with Crippen LogP contribution in [0.4, 0.5) is 4.39 Å². The van der Waals surface area contributed by atoms with Gasteiger partial charge >= 0.3 is 0 Å². The molecule has 20 heavy (non-hydrogen) atoms. The first-order valence-corrected chi connectivity index (χ1v) is 7.69. The van der Waals surface area contributed by atoms with Crippen molar-refractivity contribution in [2.45, 2.75) is 25.8 Å². The molecule has 1 aromatic carbocycles. The molecule has 1 N–H and O–H groups in total. The number of hydrogen-bond donors (Lipinski definition) is 1. The molecule has 1 aliphatic heterocycles. The molecular formula is C15H17FN2OS. The van der Waals surface area contributed by atoms with E-state index in [1.807, 2.05) is 0 Å². The van der Waals surface area contributed by atoms with Crippen molar-refractivity contribution < 1.29 is 9.13 Å². The Kier molecular flexibility index (Phi) is 4.28. The summed E-state index contributed by atoms with van der Waals surface area (Å²) < 4.78 is 18.5. The summed E-state index contributed by atoms with van der Waals surface area (Å²) in [5.41, 5.74) is 1.26. The minimum absolute atomic E-state index is 0.261. The largest absolute Gasteiger partial charge is 0.493 e. The van der Waals surface area contributed by atoms with E-state index in [1.165, 1.54) is 27.7 Å². The Morgan fingerprint density at radius 1 is 1.40 bits per heavy atom. The van der Waals surface area contributed by atoms with Gasteiger partial charge in [0.2, 0.25) is 0 Å². The van der Waals surface area contributed by atoms with Crippen molar-refractivity contribution in [1.29, 1.82) is 0 Å². The summed E-state index contributed by atoms with van der Waals surface area (Å²) in [4.78, 5) is 6.04. The first kappa shape index (κ1) is 13.5. The zero-order valence-corrected chi connectivity index (χ0v) is 12.0. The number of nitrogens with zero attached hydrogens (tertiary/aromatic N) is 1. The normalized spacial score (nSPS) is 14.1. The molecule has 2 heterocycles. The highest BCUT2D eigenvalue weighted by molar-refractivity contribution is 7.11. The van der Waals surface area contributed by atoms with Crippen molar-refractivity contribution >= 4 is 11.3 Å². The third kappa shape index (κ3) is 3.35. The maximum Gasteiger partial charge on any atom is 0.126 e. The molecule has 0 amide bonds. The molecule has 0 saturated carbocycles. The van der Waals surface area contributed by atoms with Crippen molar-refractivity contribution in [3.63, 3.8) is 0 Å². The summed E-state index contributed by atoms with van der Waals surface area (Å²) in [5, 5.41) is 4.54. The van der Waals surface area contributed by atoms with Crippen molar-refractivity contribution in [2.24, 2.45) is 0 Å². The number of nitrogens with one attached hydrogen (secondary N) is 1. The maximum absolute atomic E-state index is 13.0. The molecule has 0 fully saturated rings. The van der Waals surface area contributed by atoms with E-state index in [1.54, 1.807) is 23.5 Å². The van der Waals surface area contributed by atoms with Crippen LogP contribution in [0.5, 0.6) is 5.75 Å². The first-order valence-electron chi connectivity index (χ1n) is 6.88. The van der Waals surface area contributed by atoms with Gasteiger partial charge in [0.1, 0.15) is 11.6 Å². The molecule has 0 bridgehead atoms. The van der Waals surface area contributed by atoms with Gasteiger partial charge in [0.25, 0.3) is 0 Å². The highest BCUT2D eigenvalue weighted by Gasteiger charge is 2.14. The van der Waals surface area contributed by atoms with E-state index in [2.05, 4.69) is 10.3 Å². The number of ether oxygens (including phenoxy) is 1. The number of rotatable bonds is 5. The van der Waals surface area contributed by atoms with E-state index in [4.69, 9.17) is 4.74 Å². The summed E-state index contributed by atoms with van der Waals surface area (Å²) in [6.45, 7) is 2.57. The summed E-state index contributed by atoms with van der Waals surface area (Å²) in [6.07, 6.45) is 2.86. The Morgan fingerprint density at radius 2 is 2.35 bits per heavy atom. The van der Waals surface area contributed by atoms with Crippen LogP contribution in [-0.2, 0) is 19.4 Å². The Labute approximate surface area is 121 Å². The highest BCUT2D eigenvalue weighted by Crippen LogP contribution is 2.22. The van der Waals surface area contributed by atoms with Gasteiger partial charge in [-0.15, -0.1) is 11.3 Å². The average molecular weight is 292 g/mol. The van der Waals surface area contributed by atoms with E-state index in [9.17, 15) is 4.39 Å². The number of hydrogen-bond acceptors (Lipinski definition) is 4. The van der Waals surface area contributed by atoms with Crippen LogP contribution in [0.3, 0.4) is 0 Å². The second-order valence-electron chi connectivity index (χ2n) is 4.81. The summed E-state index contributed by atoms with van der Waals surface area (Å²) >= 11 is 1.79. The van der Waals surface area contributed by atoms with Crippen LogP contribution < -0.4 is 10.1 Å². The lowest BCUT2D eigenvalue weighted by molar-refractivity contribution is 0.309. The van der Waals surface area contributed by atoms with E-state index in [0.717, 1.165) is 32.4 Å². The van der Waals surface area contributed by atoms with Crippen LogP contribution in [0, 0.1) is 5.82 Å². The fourth-order valence-corrected chi connectivity index (χ4v) is 3.38. The van der Waals surface area contributed by atoms with Gasteiger partial charge in [-0.25, -0.2) is 9.37 Å². The van der Waals surface area contributed by atoms with E-state index < -0.39 is 0 Å². The van der Waals surface area contributed by atoms with Gasteiger partial charge in [-0.05, 0) is 18.6 Å². The third-order valence-electron chi connectivity index (χ3n) is 3.25. The number of fused-ring (bicyclic) bond motifs is 1. The molecule has 3 nitrogen and oxygen atoms in total. The van der Waals surface area contributed by atoms with Gasteiger partial charge in [0.15, 0.2) is 0 Å². The van der Waals surface area contributed by atoms with Crippen LogP contribution in [0.1, 0.15) is 22.0 Å². The van der Waals surface area contributed by atoms with Crippen LogP contribution in [-0.4, -0.2) is 18.1 Å². The van der Waals surface area contributed by atoms with Gasteiger partial charge in [0, 0.05) is 36.9 Å². The molecule has 0 unspecified atom stereocenters. The van der Waals surface area contributed by atoms with Gasteiger partial charge in [0.05, 0.1) is 17.3 Å². The monoisotopic (exact) mass is 292 g/mol. The van der Waals surface area contributed by atoms with E-state index in [0.29, 0.717) is 12.4 Å². The van der Waals surface area contributed by atoms with Crippen LogP contribution in [0.15, 0.2) is 24.3 Å². The van der Waals surface area contributed by atoms with Gasteiger partial charge in [-0.2, -0.15) is 0 Å². The molecule has 5 heteroatoms. The number of halogens is 1. The van der Waals surface area contributed by atoms with Crippen LogP contribution in [0.2, 0.25) is 0 Å². The molecule has 0 saturated heterocycles. The molecule has 3 rings (SSSR count). The van der Waals surface area contributed by atoms with Gasteiger partial charge in [-0.3, -0.25) is 0 Å². The minimum Gasteiger partial charge on any atom is -0.493 e. The Hall–Kier alpha value is -1.46. The second kappa shape index (κ2) is 6.33. The lowest BCUT2D eigenvalue weighted by Gasteiger charge is -2.09. The lowest BCUT2D eigenvalue weighted by atomic mass is 10.2. The quantitative estimate of drug-likeness (QED) is 0.860. The second-order valence-corrected chi connectivity index (χ2v) is 5.98. The summed E-state index contributed by atoms with van der Waals surface area (Å²) in [7, 11) is 0.